The molecular weight excluding hydrogens is 365 g/mol. The van der Waals surface area contributed by atoms with Gasteiger partial charge in [-0.1, -0.05) is 25.0 Å². The van der Waals surface area contributed by atoms with Gasteiger partial charge in [-0.2, -0.15) is 5.10 Å². The Kier molecular flexibility index (Phi) is 5.88. The maximum atomic E-state index is 13.4. The molecule has 1 aliphatic carbocycles. The highest BCUT2D eigenvalue weighted by atomic mass is 19.1. The van der Waals surface area contributed by atoms with Crippen molar-refractivity contribution in [3.8, 4) is 0 Å². The van der Waals surface area contributed by atoms with Crippen LogP contribution in [0.4, 0.5) is 4.39 Å². The minimum absolute atomic E-state index is 0.0385. The number of hydrogen-bond acceptors (Lipinski definition) is 2. The summed E-state index contributed by atoms with van der Waals surface area (Å²) in [6.45, 7) is 5.72. The number of halogens is 1. The lowest BCUT2D eigenvalue weighted by atomic mass is 9.79. The third-order valence-electron chi connectivity index (χ3n) is 6.57. The highest BCUT2D eigenvalue weighted by molar-refractivity contribution is 5.80. The topological polar surface area (TPSA) is 45.5 Å². The van der Waals surface area contributed by atoms with Crippen LogP contribution in [0, 0.1) is 5.82 Å². The highest BCUT2D eigenvalue weighted by Gasteiger charge is 2.36. The Balaban J connectivity index is 1.51. The van der Waals surface area contributed by atoms with Crippen molar-refractivity contribution in [2.45, 2.75) is 50.4 Å². The van der Waals surface area contributed by atoms with Crippen LogP contribution in [-0.4, -0.2) is 46.8 Å². The van der Waals surface area contributed by atoms with Gasteiger partial charge in [-0.25, -0.2) is 4.39 Å². The summed E-state index contributed by atoms with van der Waals surface area (Å²) in [7, 11) is 1.97. The molecule has 29 heavy (non-hydrogen) atoms. The summed E-state index contributed by atoms with van der Waals surface area (Å²) in [5, 5.41) is 7.83. The highest BCUT2D eigenvalue weighted by Crippen LogP contribution is 2.41. The zero-order chi connectivity index (χ0) is 20.3. The molecule has 1 saturated heterocycles. The lowest BCUT2D eigenvalue weighted by Gasteiger charge is -2.29. The first kappa shape index (κ1) is 19.9. The molecule has 1 unspecified atom stereocenters. The van der Waals surface area contributed by atoms with Crippen molar-refractivity contribution < 1.29 is 4.39 Å². The number of benzene rings is 1. The molecule has 1 aromatic carbocycles. The predicted molar refractivity (Wildman–Crippen MR) is 115 cm³/mol. The molecular formula is C23H32FN5. The van der Waals surface area contributed by atoms with Crippen LogP contribution in [0.3, 0.4) is 0 Å². The molecule has 156 valence electrons. The summed E-state index contributed by atoms with van der Waals surface area (Å²) < 4.78 is 15.3. The number of nitrogens with zero attached hydrogens (tertiary/aromatic N) is 4. The first-order valence-corrected chi connectivity index (χ1v) is 10.9. The average molecular weight is 398 g/mol. The third kappa shape index (κ3) is 4.31. The molecule has 2 heterocycles. The van der Waals surface area contributed by atoms with Crippen LogP contribution >= 0.6 is 0 Å². The van der Waals surface area contributed by atoms with Crippen molar-refractivity contribution in [1.29, 1.82) is 0 Å². The van der Waals surface area contributed by atoms with Crippen molar-refractivity contribution in [2.75, 3.05) is 26.2 Å². The molecule has 6 heteroatoms. The lowest BCUT2D eigenvalue weighted by molar-refractivity contribution is 0.438. The van der Waals surface area contributed by atoms with Crippen LogP contribution in [0.5, 0.6) is 0 Å². The van der Waals surface area contributed by atoms with E-state index in [0.29, 0.717) is 5.92 Å². The van der Waals surface area contributed by atoms with Crippen molar-refractivity contribution >= 4 is 5.96 Å². The van der Waals surface area contributed by atoms with E-state index >= 15 is 0 Å². The molecule has 4 rings (SSSR count). The Bertz CT molecular complexity index is 835. The molecule has 0 spiro atoms. The molecule has 0 amide bonds. The molecule has 0 radical (unpaired) electrons. The average Bonchev–Trinajstić information content (AvgIpc) is 3.47. The van der Waals surface area contributed by atoms with Gasteiger partial charge in [0.15, 0.2) is 5.96 Å². The van der Waals surface area contributed by atoms with E-state index in [-0.39, 0.29) is 11.2 Å². The lowest BCUT2D eigenvalue weighted by Crippen LogP contribution is -2.41. The Morgan fingerprint density at radius 2 is 2.03 bits per heavy atom. The quantitative estimate of drug-likeness (QED) is 0.616. The summed E-state index contributed by atoms with van der Waals surface area (Å²) in [5.41, 5.74) is 2.58. The molecule has 0 bridgehead atoms. The van der Waals surface area contributed by atoms with Gasteiger partial charge in [0.1, 0.15) is 5.82 Å². The van der Waals surface area contributed by atoms with Gasteiger partial charge in [-0.3, -0.25) is 9.67 Å². The van der Waals surface area contributed by atoms with Gasteiger partial charge in [0.25, 0.3) is 0 Å². The van der Waals surface area contributed by atoms with E-state index in [0.717, 1.165) is 51.4 Å². The second-order valence-corrected chi connectivity index (χ2v) is 8.54. The largest absolute Gasteiger partial charge is 0.357 e. The second kappa shape index (κ2) is 8.56. The number of aliphatic imine (C=N–C) groups is 1. The molecule has 1 aliphatic heterocycles. The summed E-state index contributed by atoms with van der Waals surface area (Å²) in [5.74, 6) is 1.34. The number of nitrogens with one attached hydrogen (secondary N) is 1. The zero-order valence-electron chi connectivity index (χ0n) is 17.6. The monoisotopic (exact) mass is 397 g/mol. The fourth-order valence-electron chi connectivity index (χ4n) is 4.92. The summed E-state index contributed by atoms with van der Waals surface area (Å²) in [6.07, 6.45) is 9.92. The maximum Gasteiger partial charge on any atom is 0.193 e. The minimum Gasteiger partial charge on any atom is -0.357 e. The molecule has 2 fully saturated rings. The van der Waals surface area contributed by atoms with Crippen molar-refractivity contribution in [1.82, 2.24) is 20.0 Å². The Hall–Kier alpha value is -2.37. The van der Waals surface area contributed by atoms with Gasteiger partial charge >= 0.3 is 0 Å². The fourth-order valence-corrected chi connectivity index (χ4v) is 4.92. The summed E-state index contributed by atoms with van der Waals surface area (Å²) in [4.78, 5) is 7.48. The molecule has 1 saturated carbocycles. The second-order valence-electron chi connectivity index (χ2n) is 8.54. The Morgan fingerprint density at radius 1 is 1.28 bits per heavy atom. The first-order valence-electron chi connectivity index (χ1n) is 10.9. The summed E-state index contributed by atoms with van der Waals surface area (Å²) in [6, 6.07) is 7.08. The molecule has 1 aromatic heterocycles. The van der Waals surface area contributed by atoms with Gasteiger partial charge < -0.3 is 10.2 Å². The molecule has 2 aromatic rings. The predicted octanol–water partition coefficient (Wildman–Crippen LogP) is 3.83. The van der Waals surface area contributed by atoms with E-state index in [4.69, 9.17) is 4.99 Å². The van der Waals surface area contributed by atoms with Gasteiger partial charge in [0.2, 0.25) is 0 Å². The smallest absolute Gasteiger partial charge is 0.193 e. The SMILES string of the molecule is CCNC(=NCC1(c2ccc(F)cc2)CCCC1)N1CCC(c2cnn(C)c2)C1. The van der Waals surface area contributed by atoms with E-state index in [1.54, 1.807) is 12.1 Å². The number of rotatable bonds is 5. The van der Waals surface area contributed by atoms with E-state index in [1.807, 2.05) is 30.1 Å². The fraction of sp³-hybridized carbons (Fsp3) is 0.565. The van der Waals surface area contributed by atoms with E-state index in [9.17, 15) is 4.39 Å². The van der Waals surface area contributed by atoms with Crippen LogP contribution in [0.25, 0.3) is 0 Å². The number of guanidine groups is 1. The number of aromatic nitrogens is 2. The standard InChI is InChI=1S/C23H32FN5/c1-3-25-22(29-13-10-18(16-29)19-14-27-28(2)15-19)26-17-23(11-4-5-12-23)20-6-8-21(24)9-7-20/h6-9,14-15,18H,3-5,10-13,16-17H2,1-2H3,(H,25,26). The van der Waals surface area contributed by atoms with E-state index in [1.165, 1.54) is 24.0 Å². The number of aryl methyl sites for hydroxylation is 1. The molecule has 2 aliphatic rings. The van der Waals surface area contributed by atoms with Gasteiger partial charge in [0.05, 0.1) is 12.7 Å². The van der Waals surface area contributed by atoms with Crippen LogP contribution in [0.1, 0.15) is 56.1 Å². The van der Waals surface area contributed by atoms with Gasteiger partial charge in [-0.15, -0.1) is 0 Å². The zero-order valence-corrected chi connectivity index (χ0v) is 17.6. The van der Waals surface area contributed by atoms with E-state index < -0.39 is 0 Å². The molecule has 1 atom stereocenters. The first-order chi connectivity index (χ1) is 14.1. The van der Waals surface area contributed by atoms with E-state index in [2.05, 4.69) is 28.4 Å². The van der Waals surface area contributed by atoms with Crippen molar-refractivity contribution in [3.63, 3.8) is 0 Å². The summed E-state index contributed by atoms with van der Waals surface area (Å²) >= 11 is 0. The number of likely N-dealkylation sites (tertiary alicyclic amines) is 1. The maximum absolute atomic E-state index is 13.4. The number of hydrogen-bond donors (Lipinski definition) is 1. The van der Waals surface area contributed by atoms with Crippen LogP contribution in [0.2, 0.25) is 0 Å². The van der Waals surface area contributed by atoms with Crippen LogP contribution < -0.4 is 5.32 Å². The van der Waals surface area contributed by atoms with Gasteiger partial charge in [-0.05, 0) is 49.4 Å². The Morgan fingerprint density at radius 3 is 2.69 bits per heavy atom. The van der Waals surface area contributed by atoms with Crippen molar-refractivity contribution in [2.24, 2.45) is 12.0 Å². The molecule has 1 N–H and O–H groups in total. The molecule has 5 nitrogen and oxygen atoms in total. The van der Waals surface area contributed by atoms with Crippen LogP contribution in [0.15, 0.2) is 41.7 Å². The normalized spacial score (nSPS) is 21.7. The minimum atomic E-state index is -0.169. The van der Waals surface area contributed by atoms with Crippen LogP contribution in [-0.2, 0) is 12.5 Å². The van der Waals surface area contributed by atoms with Gasteiger partial charge in [0, 0.05) is 44.2 Å². The third-order valence-corrected chi connectivity index (χ3v) is 6.57. The Labute approximate surface area is 173 Å². The van der Waals surface area contributed by atoms with Crippen molar-refractivity contribution in [3.05, 3.63) is 53.6 Å².